The van der Waals surface area contributed by atoms with Gasteiger partial charge in [-0.05, 0) is 6.42 Å². The summed E-state index contributed by atoms with van der Waals surface area (Å²) in [5.74, 6) is -0.274. The monoisotopic (exact) mass is 169 g/mol. The molecule has 0 aromatic rings. The Hall–Kier alpha value is -1.57. The van der Waals surface area contributed by atoms with Crippen LogP contribution in [-0.2, 0) is 9.59 Å². The van der Waals surface area contributed by atoms with E-state index in [-0.39, 0.29) is 12.3 Å². The van der Waals surface area contributed by atoms with Crippen molar-refractivity contribution in [3.05, 3.63) is 0 Å². The van der Waals surface area contributed by atoms with Crippen LogP contribution in [0.1, 0.15) is 12.8 Å². The van der Waals surface area contributed by atoms with E-state index in [9.17, 15) is 9.59 Å². The highest BCUT2D eigenvalue weighted by Gasteiger charge is 1.96. The lowest BCUT2D eigenvalue weighted by molar-refractivity contribution is -0.120. The summed E-state index contributed by atoms with van der Waals surface area (Å²) < 4.78 is 0. The number of hydrogen-bond donors (Lipinski definition) is 2. The molecule has 0 fully saturated rings. The van der Waals surface area contributed by atoms with Crippen LogP contribution in [0.2, 0.25) is 0 Å². The van der Waals surface area contributed by atoms with Gasteiger partial charge in [-0.15, -0.1) is 0 Å². The predicted octanol–water partition coefficient (Wildman–Crippen LogP) is -0.848. The number of carbonyl (C=O) groups excluding carboxylic acids is 2. The van der Waals surface area contributed by atoms with Gasteiger partial charge in [-0.3, -0.25) is 9.59 Å². The zero-order valence-corrected chi connectivity index (χ0v) is 6.67. The first kappa shape index (κ1) is 10.4. The molecule has 0 bridgehead atoms. The van der Waals surface area contributed by atoms with Gasteiger partial charge in [-0.25, -0.2) is 0 Å². The molecule has 0 unspecified atom stereocenters. The largest absolute Gasteiger partial charge is 0.359 e. The topological polar surface area (TPSA) is 82.0 Å². The van der Waals surface area contributed by atoms with Gasteiger partial charge in [0.15, 0.2) is 0 Å². The molecular weight excluding hydrogens is 158 g/mol. The fourth-order valence-electron chi connectivity index (χ4n) is 0.611. The molecule has 0 saturated carbocycles. The molecule has 0 spiro atoms. The molecule has 0 aromatic carbocycles. The number of nitrogens with one attached hydrogen (secondary N) is 2. The molecular formula is C7H11N3O2. The second kappa shape index (κ2) is 7.54. The molecule has 0 aliphatic heterocycles. The zero-order valence-electron chi connectivity index (χ0n) is 6.67. The summed E-state index contributed by atoms with van der Waals surface area (Å²) in [5.41, 5.74) is 0. The van der Waals surface area contributed by atoms with E-state index in [4.69, 9.17) is 5.26 Å². The number of nitriles is 1. The smallest absolute Gasteiger partial charge is 0.234 e. The molecule has 66 valence electrons. The number of carbonyl (C=O) groups is 2. The highest BCUT2D eigenvalue weighted by Crippen LogP contribution is 1.77. The Kier molecular flexibility index (Phi) is 6.55. The predicted molar refractivity (Wildman–Crippen MR) is 41.9 cm³/mol. The van der Waals surface area contributed by atoms with Crippen molar-refractivity contribution >= 4 is 12.3 Å². The van der Waals surface area contributed by atoms with Crippen molar-refractivity contribution in [3.8, 4) is 6.07 Å². The van der Waals surface area contributed by atoms with Gasteiger partial charge in [0, 0.05) is 13.1 Å². The van der Waals surface area contributed by atoms with Crippen molar-refractivity contribution in [2.45, 2.75) is 12.8 Å². The maximum atomic E-state index is 10.7. The minimum absolute atomic E-state index is 0.110. The van der Waals surface area contributed by atoms with Gasteiger partial charge in [0.05, 0.1) is 6.07 Å². The summed E-state index contributed by atoms with van der Waals surface area (Å²) in [6.07, 6.45) is 1.17. The summed E-state index contributed by atoms with van der Waals surface area (Å²) in [7, 11) is 0. The SMILES string of the molecule is N#CCC(=O)NCCCNC=O. The van der Waals surface area contributed by atoms with Crippen molar-refractivity contribution in [1.82, 2.24) is 10.6 Å². The second-order valence-corrected chi connectivity index (χ2v) is 2.11. The third kappa shape index (κ3) is 6.55. The normalized spacial score (nSPS) is 8.25. The minimum atomic E-state index is -0.274. The molecule has 5 heteroatoms. The van der Waals surface area contributed by atoms with Gasteiger partial charge < -0.3 is 10.6 Å². The van der Waals surface area contributed by atoms with E-state index in [0.29, 0.717) is 25.9 Å². The molecule has 5 nitrogen and oxygen atoms in total. The lowest BCUT2D eigenvalue weighted by atomic mass is 10.4. The van der Waals surface area contributed by atoms with E-state index in [1.807, 2.05) is 0 Å². The summed E-state index contributed by atoms with van der Waals surface area (Å²) in [6, 6.07) is 1.74. The first-order chi connectivity index (χ1) is 5.81. The van der Waals surface area contributed by atoms with Crippen LogP contribution in [0.4, 0.5) is 0 Å². The number of nitrogens with zero attached hydrogens (tertiary/aromatic N) is 1. The first-order valence-electron chi connectivity index (χ1n) is 3.62. The van der Waals surface area contributed by atoms with Gasteiger partial charge in [0.25, 0.3) is 0 Å². The number of hydrogen-bond acceptors (Lipinski definition) is 3. The van der Waals surface area contributed by atoms with Crippen molar-refractivity contribution < 1.29 is 9.59 Å². The van der Waals surface area contributed by atoms with Crippen LogP contribution in [0.25, 0.3) is 0 Å². The van der Waals surface area contributed by atoms with Crippen LogP contribution in [-0.4, -0.2) is 25.4 Å². The Morgan fingerprint density at radius 3 is 2.83 bits per heavy atom. The highest BCUT2D eigenvalue weighted by atomic mass is 16.1. The van der Waals surface area contributed by atoms with Crippen molar-refractivity contribution in [2.75, 3.05) is 13.1 Å². The van der Waals surface area contributed by atoms with Crippen LogP contribution in [0, 0.1) is 11.3 Å². The van der Waals surface area contributed by atoms with Crippen molar-refractivity contribution in [1.29, 1.82) is 5.26 Å². The van der Waals surface area contributed by atoms with Crippen LogP contribution < -0.4 is 10.6 Å². The van der Waals surface area contributed by atoms with Crippen LogP contribution in [0.5, 0.6) is 0 Å². The highest BCUT2D eigenvalue weighted by molar-refractivity contribution is 5.77. The van der Waals surface area contributed by atoms with E-state index in [2.05, 4.69) is 10.6 Å². The summed E-state index contributed by atoms with van der Waals surface area (Å²) in [6.45, 7) is 1.03. The molecule has 0 heterocycles. The van der Waals surface area contributed by atoms with Gasteiger partial charge in [0.2, 0.25) is 12.3 Å². The lowest BCUT2D eigenvalue weighted by Gasteiger charge is -2.00. The molecule has 0 atom stereocenters. The molecule has 2 N–H and O–H groups in total. The Morgan fingerprint density at radius 1 is 1.50 bits per heavy atom. The molecule has 0 aromatic heterocycles. The summed E-state index contributed by atoms with van der Waals surface area (Å²) in [5, 5.41) is 13.1. The summed E-state index contributed by atoms with van der Waals surface area (Å²) in [4.78, 5) is 20.4. The molecule has 0 aliphatic carbocycles. The molecule has 12 heavy (non-hydrogen) atoms. The Labute approximate surface area is 70.7 Å². The third-order valence-electron chi connectivity index (χ3n) is 1.14. The number of rotatable bonds is 6. The fourth-order valence-corrected chi connectivity index (χ4v) is 0.611. The maximum absolute atomic E-state index is 10.7. The standard InChI is InChI=1S/C7H11N3O2/c8-3-2-7(12)10-5-1-4-9-6-11/h6H,1-2,4-5H2,(H,9,11)(H,10,12). The van der Waals surface area contributed by atoms with Crippen LogP contribution >= 0.6 is 0 Å². The van der Waals surface area contributed by atoms with Gasteiger partial charge in [-0.1, -0.05) is 0 Å². The zero-order chi connectivity index (χ0) is 9.23. The van der Waals surface area contributed by atoms with Gasteiger partial charge >= 0.3 is 0 Å². The average molecular weight is 169 g/mol. The lowest BCUT2D eigenvalue weighted by Crippen LogP contribution is -2.26. The Balaban J connectivity index is 3.15. The quantitative estimate of drug-likeness (QED) is 0.401. The molecule has 0 radical (unpaired) electrons. The first-order valence-corrected chi connectivity index (χ1v) is 3.62. The third-order valence-corrected chi connectivity index (χ3v) is 1.14. The Morgan fingerprint density at radius 2 is 2.25 bits per heavy atom. The van der Waals surface area contributed by atoms with Crippen LogP contribution in [0.3, 0.4) is 0 Å². The Bertz CT molecular complexity index is 186. The van der Waals surface area contributed by atoms with E-state index in [1.165, 1.54) is 0 Å². The molecule has 0 saturated heterocycles. The molecule has 2 amide bonds. The minimum Gasteiger partial charge on any atom is -0.359 e. The number of amides is 2. The van der Waals surface area contributed by atoms with E-state index in [0.717, 1.165) is 0 Å². The van der Waals surface area contributed by atoms with Crippen molar-refractivity contribution in [3.63, 3.8) is 0 Å². The second-order valence-electron chi connectivity index (χ2n) is 2.11. The van der Waals surface area contributed by atoms with Gasteiger partial charge in [-0.2, -0.15) is 5.26 Å². The summed E-state index contributed by atoms with van der Waals surface area (Å²) >= 11 is 0. The molecule has 0 aliphatic rings. The van der Waals surface area contributed by atoms with Crippen LogP contribution in [0.15, 0.2) is 0 Å². The van der Waals surface area contributed by atoms with E-state index in [1.54, 1.807) is 6.07 Å². The average Bonchev–Trinajstić information content (AvgIpc) is 2.05. The fraction of sp³-hybridized carbons (Fsp3) is 0.571. The van der Waals surface area contributed by atoms with E-state index < -0.39 is 0 Å². The molecule has 0 rings (SSSR count). The van der Waals surface area contributed by atoms with E-state index >= 15 is 0 Å². The van der Waals surface area contributed by atoms with Crippen molar-refractivity contribution in [2.24, 2.45) is 0 Å². The van der Waals surface area contributed by atoms with Gasteiger partial charge in [0.1, 0.15) is 6.42 Å². The maximum Gasteiger partial charge on any atom is 0.234 e.